The molecule has 0 aliphatic rings. The lowest BCUT2D eigenvalue weighted by molar-refractivity contribution is -0.150. The maximum atomic E-state index is 13.1. The van der Waals surface area contributed by atoms with Gasteiger partial charge >= 0.3 is 5.97 Å². The molecule has 30 heavy (non-hydrogen) atoms. The second-order valence-corrected chi connectivity index (χ2v) is 9.52. The van der Waals surface area contributed by atoms with Gasteiger partial charge in [0, 0.05) is 23.8 Å². The number of esters is 1. The van der Waals surface area contributed by atoms with Crippen molar-refractivity contribution in [3.63, 3.8) is 0 Å². The molecule has 9 heteroatoms. The van der Waals surface area contributed by atoms with Crippen molar-refractivity contribution in [2.24, 2.45) is 5.92 Å². The third kappa shape index (κ3) is 8.85. The molecule has 0 rings (SSSR count). The number of hydrogen-bond donors (Lipinski definition) is 1. The highest BCUT2D eigenvalue weighted by molar-refractivity contribution is 8.16. The number of hydrogen-bond acceptors (Lipinski definition) is 7. The predicted octanol–water partition coefficient (Wildman–Crippen LogP) is 2.33. The lowest BCUT2D eigenvalue weighted by atomic mass is 9.99. The van der Waals surface area contributed by atoms with E-state index in [0.717, 1.165) is 0 Å². The lowest BCUT2D eigenvalue weighted by Crippen LogP contribution is -2.58. The summed E-state index contributed by atoms with van der Waals surface area (Å²) in [5.41, 5.74) is 0. The number of rotatable bonds is 12. The average Bonchev–Trinajstić information content (AvgIpc) is 2.64. The summed E-state index contributed by atoms with van der Waals surface area (Å²) in [4.78, 5) is 63.4. The Bertz CT molecular complexity index is 643. The summed E-state index contributed by atoms with van der Waals surface area (Å²) < 4.78 is 3.79. The molecule has 8 nitrogen and oxygen atoms in total. The molecule has 172 valence electrons. The SMILES string of the molecule is CCC(C)C(=O)NC(C(=O)N(CC)CC)C(C)(C)SC(=O)C(=O)CC(=O)OC(C)C. The quantitative estimate of drug-likeness (QED) is 0.279. The molecule has 2 amide bonds. The van der Waals surface area contributed by atoms with Crippen molar-refractivity contribution < 1.29 is 28.7 Å². The van der Waals surface area contributed by atoms with Crippen LogP contribution in [-0.4, -0.2) is 63.6 Å². The fraction of sp³-hybridized carbons (Fsp3) is 0.762. The van der Waals surface area contributed by atoms with Crippen molar-refractivity contribution in [3.05, 3.63) is 0 Å². The number of likely N-dealkylation sites (N-methyl/N-ethyl adjacent to an activating group) is 1. The van der Waals surface area contributed by atoms with Crippen LogP contribution in [0.15, 0.2) is 0 Å². The van der Waals surface area contributed by atoms with E-state index in [2.05, 4.69) is 5.32 Å². The van der Waals surface area contributed by atoms with Gasteiger partial charge in [-0.3, -0.25) is 24.0 Å². The minimum absolute atomic E-state index is 0.295. The van der Waals surface area contributed by atoms with Crippen LogP contribution in [0.2, 0.25) is 0 Å². The van der Waals surface area contributed by atoms with E-state index in [1.165, 1.54) is 0 Å². The van der Waals surface area contributed by atoms with Crippen LogP contribution in [0, 0.1) is 5.92 Å². The molecule has 0 saturated heterocycles. The lowest BCUT2D eigenvalue weighted by Gasteiger charge is -2.36. The molecule has 1 N–H and O–H groups in total. The maximum Gasteiger partial charge on any atom is 0.314 e. The molecule has 0 saturated carbocycles. The molecule has 0 aromatic rings. The van der Waals surface area contributed by atoms with E-state index < -0.39 is 40.2 Å². The van der Waals surface area contributed by atoms with E-state index in [1.807, 2.05) is 20.8 Å². The fourth-order valence-electron chi connectivity index (χ4n) is 2.58. The maximum absolute atomic E-state index is 13.1. The largest absolute Gasteiger partial charge is 0.463 e. The smallest absolute Gasteiger partial charge is 0.314 e. The molecule has 0 aliphatic carbocycles. The number of carbonyl (C=O) groups is 5. The third-order valence-corrected chi connectivity index (χ3v) is 5.79. The van der Waals surface area contributed by atoms with Crippen LogP contribution < -0.4 is 5.32 Å². The zero-order chi connectivity index (χ0) is 23.6. The molecular weight excluding hydrogens is 408 g/mol. The van der Waals surface area contributed by atoms with Crippen LogP contribution in [0.5, 0.6) is 0 Å². The van der Waals surface area contributed by atoms with Crippen molar-refractivity contribution >= 4 is 40.4 Å². The average molecular weight is 445 g/mol. The highest BCUT2D eigenvalue weighted by atomic mass is 32.2. The molecule has 0 radical (unpaired) electrons. The molecule has 2 atom stereocenters. The summed E-state index contributed by atoms with van der Waals surface area (Å²) >= 11 is 0.649. The molecule has 0 aliphatic heterocycles. The predicted molar refractivity (Wildman–Crippen MR) is 117 cm³/mol. The van der Waals surface area contributed by atoms with Gasteiger partial charge in [0.05, 0.1) is 6.10 Å². The van der Waals surface area contributed by atoms with Gasteiger partial charge in [-0.25, -0.2) is 0 Å². The second kappa shape index (κ2) is 12.7. The number of nitrogens with one attached hydrogen (secondary N) is 1. The molecule has 0 fully saturated rings. The van der Waals surface area contributed by atoms with Crippen LogP contribution in [-0.2, 0) is 28.7 Å². The molecule has 0 aromatic heterocycles. The van der Waals surface area contributed by atoms with Gasteiger partial charge in [0.25, 0.3) is 5.12 Å². The van der Waals surface area contributed by atoms with E-state index in [1.54, 1.807) is 39.5 Å². The molecule has 2 unspecified atom stereocenters. The first kappa shape index (κ1) is 28.1. The van der Waals surface area contributed by atoms with Gasteiger partial charge in [-0.1, -0.05) is 25.6 Å². The van der Waals surface area contributed by atoms with Crippen LogP contribution in [0.25, 0.3) is 0 Å². The third-order valence-electron chi connectivity index (χ3n) is 4.62. The fourth-order valence-corrected chi connectivity index (χ4v) is 3.52. The Labute approximate surface area is 183 Å². The molecule has 0 heterocycles. The van der Waals surface area contributed by atoms with Crippen molar-refractivity contribution in [1.82, 2.24) is 10.2 Å². The summed E-state index contributed by atoms with van der Waals surface area (Å²) in [7, 11) is 0. The zero-order valence-electron chi connectivity index (χ0n) is 19.4. The Morgan fingerprint density at radius 2 is 1.53 bits per heavy atom. The Balaban J connectivity index is 5.55. The topological polar surface area (TPSA) is 110 Å². The summed E-state index contributed by atoms with van der Waals surface area (Å²) in [5.74, 6) is -2.60. The van der Waals surface area contributed by atoms with E-state index >= 15 is 0 Å². The Kier molecular flexibility index (Phi) is 11.9. The Hall–Kier alpha value is -1.90. The number of nitrogens with zero attached hydrogens (tertiary/aromatic N) is 1. The number of ketones is 1. The normalized spacial score (nSPS) is 13.4. The van der Waals surface area contributed by atoms with Crippen molar-refractivity contribution in [3.8, 4) is 0 Å². The van der Waals surface area contributed by atoms with Crippen LogP contribution >= 0.6 is 11.8 Å². The first-order valence-electron chi connectivity index (χ1n) is 10.3. The Morgan fingerprint density at radius 1 is 1.00 bits per heavy atom. The number of carbonyl (C=O) groups excluding carboxylic acids is 5. The van der Waals surface area contributed by atoms with Gasteiger partial charge in [0.15, 0.2) is 0 Å². The summed E-state index contributed by atoms with van der Waals surface area (Å²) in [5, 5.41) is 1.91. The van der Waals surface area contributed by atoms with E-state index in [0.29, 0.717) is 31.3 Å². The van der Waals surface area contributed by atoms with E-state index in [4.69, 9.17) is 4.74 Å². The van der Waals surface area contributed by atoms with Crippen molar-refractivity contribution in [2.45, 2.75) is 85.1 Å². The van der Waals surface area contributed by atoms with Gasteiger partial charge in [-0.2, -0.15) is 0 Å². The van der Waals surface area contributed by atoms with Gasteiger partial charge in [0.1, 0.15) is 12.5 Å². The molecule has 0 spiro atoms. The highest BCUT2D eigenvalue weighted by Crippen LogP contribution is 2.31. The van der Waals surface area contributed by atoms with Crippen LogP contribution in [0.3, 0.4) is 0 Å². The zero-order valence-corrected chi connectivity index (χ0v) is 20.2. The summed E-state index contributed by atoms with van der Waals surface area (Å²) in [6, 6.07) is -1.01. The van der Waals surface area contributed by atoms with Gasteiger partial charge in [-0.15, -0.1) is 0 Å². The second-order valence-electron chi connectivity index (χ2n) is 7.89. The monoisotopic (exact) mass is 444 g/mol. The molecular formula is C21H36N2O6S. The minimum Gasteiger partial charge on any atom is -0.463 e. The number of amides is 2. The van der Waals surface area contributed by atoms with Crippen LogP contribution in [0.4, 0.5) is 0 Å². The first-order chi connectivity index (χ1) is 13.8. The van der Waals surface area contributed by atoms with E-state index in [9.17, 15) is 24.0 Å². The highest BCUT2D eigenvalue weighted by Gasteiger charge is 2.42. The van der Waals surface area contributed by atoms with Gasteiger partial charge in [0.2, 0.25) is 17.6 Å². The molecule has 0 bridgehead atoms. The number of ether oxygens (including phenoxy) is 1. The van der Waals surface area contributed by atoms with Crippen molar-refractivity contribution in [1.29, 1.82) is 0 Å². The number of Topliss-reactive ketones (excluding diaryl/α,β-unsaturated/α-hetero) is 1. The first-order valence-corrected chi connectivity index (χ1v) is 11.2. The van der Waals surface area contributed by atoms with Gasteiger partial charge in [-0.05, 0) is 48.0 Å². The van der Waals surface area contributed by atoms with Gasteiger partial charge < -0.3 is 15.0 Å². The van der Waals surface area contributed by atoms with Crippen molar-refractivity contribution in [2.75, 3.05) is 13.1 Å². The standard InChI is InChI=1S/C21H36N2O6S/c1-9-14(6)18(26)22-17(19(27)23(10-2)11-3)21(7,8)30-20(28)15(24)12-16(25)29-13(4)5/h13-14,17H,9-12H2,1-8H3,(H,22,26). The van der Waals surface area contributed by atoms with E-state index in [-0.39, 0.29) is 17.7 Å². The minimum atomic E-state index is -1.11. The Morgan fingerprint density at radius 3 is 1.97 bits per heavy atom. The number of thioether (sulfide) groups is 1. The van der Waals surface area contributed by atoms with Crippen LogP contribution in [0.1, 0.15) is 68.2 Å². The summed E-state index contributed by atoms with van der Waals surface area (Å²) in [6.45, 7) is 14.7. The molecule has 0 aromatic carbocycles. The summed E-state index contributed by atoms with van der Waals surface area (Å²) in [6.07, 6.45) is -0.453.